The lowest BCUT2D eigenvalue weighted by molar-refractivity contribution is 0.465. The molecule has 23 heavy (non-hydrogen) atoms. The van der Waals surface area contributed by atoms with Crippen LogP contribution in [0.15, 0.2) is 40.0 Å². The lowest BCUT2D eigenvalue weighted by Gasteiger charge is -2.15. The van der Waals surface area contributed by atoms with Crippen LogP contribution in [0.3, 0.4) is 0 Å². The van der Waals surface area contributed by atoms with E-state index in [1.165, 1.54) is 16.8 Å². The van der Waals surface area contributed by atoms with Gasteiger partial charge in [-0.05, 0) is 19.1 Å². The minimum absolute atomic E-state index is 0.0886. The molecule has 0 spiro atoms. The van der Waals surface area contributed by atoms with Crippen LogP contribution in [0.2, 0.25) is 0 Å². The first-order chi connectivity index (χ1) is 11.1. The fourth-order valence-corrected chi connectivity index (χ4v) is 3.73. The fourth-order valence-electron chi connectivity index (χ4n) is 2.11. The van der Waals surface area contributed by atoms with Crippen LogP contribution in [0.1, 0.15) is 10.7 Å². The zero-order valence-corrected chi connectivity index (χ0v) is 14.3. The van der Waals surface area contributed by atoms with Crippen LogP contribution in [0.25, 0.3) is 11.0 Å². The summed E-state index contributed by atoms with van der Waals surface area (Å²) in [5.41, 5.74) is 9.76. The molecule has 2 aromatic heterocycles. The average Bonchev–Trinajstić information content (AvgIpc) is 3.14. The smallest absolute Gasteiger partial charge is 0.226 e. The number of rotatable bonds is 4. The van der Waals surface area contributed by atoms with E-state index in [-0.39, 0.29) is 5.96 Å². The van der Waals surface area contributed by atoms with Gasteiger partial charge in [0.2, 0.25) is 5.96 Å². The second-order valence-corrected chi connectivity index (χ2v) is 6.82. The first-order valence-corrected chi connectivity index (χ1v) is 8.68. The van der Waals surface area contributed by atoms with Crippen molar-refractivity contribution in [2.75, 3.05) is 7.05 Å². The van der Waals surface area contributed by atoms with E-state index in [0.29, 0.717) is 10.9 Å². The largest absolute Gasteiger partial charge is 0.267 e. The molecule has 0 unspecified atom stereocenters. The number of aryl methyl sites for hydroxylation is 1. The van der Waals surface area contributed by atoms with E-state index < -0.39 is 0 Å². The summed E-state index contributed by atoms with van der Waals surface area (Å²) >= 11 is 3.14. The predicted molar refractivity (Wildman–Crippen MR) is 92.2 cm³/mol. The quantitative estimate of drug-likeness (QED) is 0.247. The number of benzene rings is 1. The molecule has 9 heteroatoms. The van der Waals surface area contributed by atoms with Crippen LogP contribution >= 0.6 is 23.1 Å². The molecule has 118 valence electrons. The number of imidazole rings is 1. The van der Waals surface area contributed by atoms with Gasteiger partial charge in [0.1, 0.15) is 0 Å². The Hall–Kier alpha value is -2.26. The van der Waals surface area contributed by atoms with Crippen molar-refractivity contribution in [2.24, 2.45) is 5.22 Å². The van der Waals surface area contributed by atoms with Crippen molar-refractivity contribution in [2.45, 2.75) is 17.8 Å². The van der Waals surface area contributed by atoms with Crippen molar-refractivity contribution in [3.63, 3.8) is 0 Å². The summed E-state index contributed by atoms with van der Waals surface area (Å²) in [6.07, 6.45) is 0. The normalized spacial score (nSPS) is 10.9. The maximum atomic E-state index is 8.27. The molecular formula is C14H15N7S2. The Morgan fingerprint density at radius 1 is 1.39 bits per heavy atom. The molecule has 0 bridgehead atoms. The van der Waals surface area contributed by atoms with Gasteiger partial charge in [0.15, 0.2) is 5.16 Å². The third-order valence-corrected chi connectivity index (χ3v) is 5.01. The maximum Gasteiger partial charge on any atom is 0.226 e. The van der Waals surface area contributed by atoms with Crippen LogP contribution in [0.4, 0.5) is 0 Å². The van der Waals surface area contributed by atoms with Crippen molar-refractivity contribution in [1.82, 2.24) is 19.5 Å². The van der Waals surface area contributed by atoms with Gasteiger partial charge in [-0.15, -0.1) is 11.3 Å². The van der Waals surface area contributed by atoms with Gasteiger partial charge in [0.25, 0.3) is 0 Å². The summed E-state index contributed by atoms with van der Waals surface area (Å²) in [7, 11) is 1.57. The van der Waals surface area contributed by atoms with Crippen molar-refractivity contribution in [1.29, 1.82) is 10.9 Å². The standard InChI is InChI=1S/C14H15N7S2/c1-9-17-10(7-22-9)8-23-14-18-11-5-3-4-6-12(11)21(14)13(15)20(2)19-16/h3-7,15-16H,8H2,1-2H3. The minimum Gasteiger partial charge on any atom is -0.267 e. The lowest BCUT2D eigenvalue weighted by Crippen LogP contribution is -2.27. The van der Waals surface area contributed by atoms with Gasteiger partial charge in [-0.1, -0.05) is 29.1 Å². The van der Waals surface area contributed by atoms with E-state index in [1.807, 2.05) is 36.6 Å². The third-order valence-electron chi connectivity index (χ3n) is 3.21. The van der Waals surface area contributed by atoms with E-state index in [4.69, 9.17) is 10.9 Å². The second kappa shape index (κ2) is 6.47. The molecule has 7 nitrogen and oxygen atoms in total. The van der Waals surface area contributed by atoms with Gasteiger partial charge in [-0.3, -0.25) is 9.98 Å². The number of nitrogens with one attached hydrogen (secondary N) is 2. The zero-order chi connectivity index (χ0) is 16.4. The highest BCUT2D eigenvalue weighted by Gasteiger charge is 2.17. The molecule has 0 aliphatic carbocycles. The number of fused-ring (bicyclic) bond motifs is 1. The van der Waals surface area contributed by atoms with Gasteiger partial charge in [0.05, 0.1) is 21.7 Å². The first-order valence-electron chi connectivity index (χ1n) is 6.81. The molecule has 1 aromatic carbocycles. The van der Waals surface area contributed by atoms with Crippen LogP contribution < -0.4 is 0 Å². The Kier molecular flexibility index (Phi) is 4.39. The number of hydrogen-bond donors (Lipinski definition) is 2. The van der Waals surface area contributed by atoms with Crippen molar-refractivity contribution >= 4 is 40.1 Å². The van der Waals surface area contributed by atoms with Gasteiger partial charge >= 0.3 is 0 Å². The predicted octanol–water partition coefficient (Wildman–Crippen LogP) is 3.75. The number of hydrogen-bond acceptors (Lipinski definition) is 7. The van der Waals surface area contributed by atoms with Crippen molar-refractivity contribution in [3.05, 3.63) is 40.3 Å². The highest BCUT2D eigenvalue weighted by molar-refractivity contribution is 7.98. The summed E-state index contributed by atoms with van der Waals surface area (Å²) in [4.78, 5) is 9.06. The molecule has 2 heterocycles. The molecule has 0 amide bonds. The van der Waals surface area contributed by atoms with E-state index in [1.54, 1.807) is 23.0 Å². The molecule has 0 aliphatic heterocycles. The monoisotopic (exact) mass is 345 g/mol. The number of thioether (sulfide) groups is 1. The van der Waals surface area contributed by atoms with Gasteiger partial charge < -0.3 is 0 Å². The Balaban J connectivity index is 1.98. The van der Waals surface area contributed by atoms with Gasteiger partial charge in [-0.2, -0.15) is 5.53 Å². The molecule has 0 fully saturated rings. The summed E-state index contributed by atoms with van der Waals surface area (Å²) in [5.74, 6) is 0.772. The first kappa shape index (κ1) is 15.6. The van der Waals surface area contributed by atoms with E-state index in [9.17, 15) is 0 Å². The highest BCUT2D eigenvalue weighted by atomic mass is 32.2. The van der Waals surface area contributed by atoms with Gasteiger partial charge in [-0.25, -0.2) is 15.0 Å². The fraction of sp³-hybridized carbons (Fsp3) is 0.214. The molecular weight excluding hydrogens is 330 g/mol. The number of para-hydroxylation sites is 2. The lowest BCUT2D eigenvalue weighted by atomic mass is 10.3. The minimum atomic E-state index is 0.0886. The molecule has 0 aliphatic rings. The summed E-state index contributed by atoms with van der Waals surface area (Å²) < 4.78 is 1.71. The average molecular weight is 345 g/mol. The molecule has 0 radical (unpaired) electrons. The van der Waals surface area contributed by atoms with Gasteiger partial charge in [0, 0.05) is 18.2 Å². The van der Waals surface area contributed by atoms with E-state index >= 15 is 0 Å². The SMILES string of the molecule is Cc1nc(CSc2nc3ccccc3n2C(=N)N(C)N=N)cs1. The second-order valence-electron chi connectivity index (χ2n) is 4.81. The number of nitrogens with zero attached hydrogens (tertiary/aromatic N) is 5. The molecule has 0 atom stereocenters. The van der Waals surface area contributed by atoms with Crippen LogP contribution in [-0.2, 0) is 5.75 Å². The summed E-state index contributed by atoms with van der Waals surface area (Å²) in [6, 6.07) is 7.64. The molecule has 0 saturated carbocycles. The topological polar surface area (TPSA) is 94.0 Å². The maximum absolute atomic E-state index is 8.27. The van der Waals surface area contributed by atoms with Crippen LogP contribution in [0, 0.1) is 17.9 Å². The van der Waals surface area contributed by atoms with Crippen LogP contribution in [0.5, 0.6) is 0 Å². The number of aromatic nitrogens is 3. The zero-order valence-electron chi connectivity index (χ0n) is 12.6. The van der Waals surface area contributed by atoms with E-state index in [0.717, 1.165) is 21.7 Å². The molecule has 3 rings (SSSR count). The highest BCUT2D eigenvalue weighted by Crippen LogP contribution is 2.27. The Bertz CT molecular complexity index is 867. The summed E-state index contributed by atoms with van der Waals surface area (Å²) in [6.45, 7) is 1.98. The molecule has 0 saturated heterocycles. The third kappa shape index (κ3) is 3.10. The van der Waals surface area contributed by atoms with Crippen molar-refractivity contribution in [3.8, 4) is 0 Å². The number of thiazole rings is 1. The Labute approximate surface area is 141 Å². The Morgan fingerprint density at radius 2 is 2.17 bits per heavy atom. The molecule has 2 N–H and O–H groups in total. The summed E-state index contributed by atoms with van der Waals surface area (Å²) in [5, 5.41) is 16.5. The molecule has 3 aromatic rings. The van der Waals surface area contributed by atoms with Crippen molar-refractivity contribution < 1.29 is 0 Å². The van der Waals surface area contributed by atoms with E-state index in [2.05, 4.69) is 15.2 Å². The Morgan fingerprint density at radius 3 is 2.87 bits per heavy atom. The van der Waals surface area contributed by atoms with Crippen LogP contribution in [-0.4, -0.2) is 32.6 Å².